The van der Waals surface area contributed by atoms with Gasteiger partial charge in [-0.3, -0.25) is 9.79 Å². The first-order chi connectivity index (χ1) is 15.8. The van der Waals surface area contributed by atoms with Crippen molar-refractivity contribution in [2.24, 2.45) is 16.0 Å². The van der Waals surface area contributed by atoms with Crippen molar-refractivity contribution in [1.29, 1.82) is 0 Å². The van der Waals surface area contributed by atoms with E-state index in [9.17, 15) is 9.18 Å². The Hall–Kier alpha value is -2.46. The van der Waals surface area contributed by atoms with Crippen LogP contribution in [0, 0.1) is 11.7 Å². The van der Waals surface area contributed by atoms with Crippen LogP contribution < -0.4 is 16.1 Å². The van der Waals surface area contributed by atoms with Crippen LogP contribution in [0.2, 0.25) is 5.02 Å². The summed E-state index contributed by atoms with van der Waals surface area (Å²) in [5.41, 5.74) is 2.90. The topological polar surface area (TPSA) is 90.4 Å². The van der Waals surface area contributed by atoms with E-state index >= 15 is 4.39 Å². The van der Waals surface area contributed by atoms with Gasteiger partial charge in [0.2, 0.25) is 5.91 Å². The molecule has 2 fully saturated rings. The van der Waals surface area contributed by atoms with Gasteiger partial charge in [-0.15, -0.1) is 5.10 Å². The van der Waals surface area contributed by atoms with Crippen molar-refractivity contribution < 1.29 is 18.4 Å². The highest BCUT2D eigenvalue weighted by Gasteiger charge is 2.53. The van der Waals surface area contributed by atoms with Gasteiger partial charge in [-0.2, -0.15) is 0 Å². The summed E-state index contributed by atoms with van der Waals surface area (Å²) in [6, 6.07) is 4.23. The standard InChI is InChI=1S/C22H29ClF2N6O2/c1-21(25)20(29-31(21)13-18(32)28-12-14-5-9-27-10-6-14)33-30-19(26-2)22(7-8-22)16-4-3-15(24)11-17(16)23/h3-4,11,14,27H,5-10,12-13H2,1-2H3,(H,26,30)(H,28,32)/t21-/m0/s1. The number of carbonyl (C=O) groups is 1. The van der Waals surface area contributed by atoms with E-state index in [1.165, 1.54) is 19.1 Å². The van der Waals surface area contributed by atoms with Crippen LogP contribution in [0.1, 0.15) is 38.2 Å². The first-order valence-corrected chi connectivity index (χ1v) is 11.5. The van der Waals surface area contributed by atoms with Gasteiger partial charge in [0, 0.05) is 18.6 Å². The van der Waals surface area contributed by atoms with Crippen molar-refractivity contribution in [2.75, 3.05) is 33.2 Å². The number of hydroxylamine groups is 1. The zero-order valence-corrected chi connectivity index (χ0v) is 19.5. The Morgan fingerprint density at radius 1 is 1.39 bits per heavy atom. The molecule has 1 aromatic rings. The Balaban J connectivity index is 1.31. The number of rotatable bonds is 6. The summed E-state index contributed by atoms with van der Waals surface area (Å²) >= 11 is 6.25. The number of aliphatic imine (C=N–C) groups is 1. The summed E-state index contributed by atoms with van der Waals surface area (Å²) in [6.45, 7) is 3.56. The van der Waals surface area contributed by atoms with Crippen LogP contribution in [0.3, 0.4) is 0 Å². The van der Waals surface area contributed by atoms with Crippen LogP contribution in [0.4, 0.5) is 8.78 Å². The third kappa shape index (κ3) is 4.91. The molecule has 1 amide bonds. The van der Waals surface area contributed by atoms with E-state index in [0.717, 1.165) is 49.3 Å². The van der Waals surface area contributed by atoms with Crippen molar-refractivity contribution in [3.8, 4) is 0 Å². The number of hydrogen-bond acceptors (Lipinski definition) is 6. The molecule has 1 saturated carbocycles. The van der Waals surface area contributed by atoms with E-state index in [0.29, 0.717) is 23.3 Å². The van der Waals surface area contributed by atoms with Crippen LogP contribution in [0.25, 0.3) is 0 Å². The predicted molar refractivity (Wildman–Crippen MR) is 122 cm³/mol. The van der Waals surface area contributed by atoms with Crippen LogP contribution in [0.5, 0.6) is 0 Å². The fourth-order valence-electron chi connectivity index (χ4n) is 4.28. The lowest BCUT2D eigenvalue weighted by atomic mass is 9.94. The molecule has 8 nitrogen and oxygen atoms in total. The highest BCUT2D eigenvalue weighted by atomic mass is 35.5. The summed E-state index contributed by atoms with van der Waals surface area (Å²) in [6.07, 6.45) is 3.51. The second-order valence-corrected chi connectivity index (χ2v) is 9.30. The molecule has 4 rings (SSSR count). The second-order valence-electron chi connectivity index (χ2n) is 8.90. The van der Waals surface area contributed by atoms with Crippen LogP contribution in [-0.4, -0.2) is 61.7 Å². The fraction of sp³-hybridized carbons (Fsp3) is 0.591. The molecule has 1 atom stereocenters. The van der Waals surface area contributed by atoms with Crippen LogP contribution in [0.15, 0.2) is 28.3 Å². The Labute approximate surface area is 196 Å². The molecule has 1 aliphatic carbocycles. The number of hydrazone groups is 1. The Bertz CT molecular complexity index is 960. The summed E-state index contributed by atoms with van der Waals surface area (Å²) < 4.78 is 28.6. The molecule has 2 aliphatic heterocycles. The van der Waals surface area contributed by atoms with Crippen molar-refractivity contribution in [3.05, 3.63) is 34.6 Å². The quantitative estimate of drug-likeness (QED) is 0.251. The summed E-state index contributed by atoms with van der Waals surface area (Å²) in [5, 5.41) is 11.5. The van der Waals surface area contributed by atoms with Gasteiger partial charge in [-0.25, -0.2) is 19.3 Å². The van der Waals surface area contributed by atoms with Gasteiger partial charge in [0.15, 0.2) is 0 Å². The van der Waals surface area contributed by atoms with Gasteiger partial charge in [0.25, 0.3) is 11.7 Å². The molecule has 0 unspecified atom stereocenters. The zero-order valence-electron chi connectivity index (χ0n) is 18.8. The molecule has 0 spiro atoms. The Morgan fingerprint density at radius 2 is 2.12 bits per heavy atom. The lowest BCUT2D eigenvalue weighted by molar-refractivity contribution is -0.127. The maximum Gasteiger partial charge on any atom is 0.298 e. The maximum atomic E-state index is 15.1. The van der Waals surface area contributed by atoms with Gasteiger partial charge < -0.3 is 15.5 Å². The molecular weight excluding hydrogens is 454 g/mol. The van der Waals surface area contributed by atoms with Gasteiger partial charge >= 0.3 is 0 Å². The molecule has 0 aromatic heterocycles. The minimum absolute atomic E-state index is 0.198. The van der Waals surface area contributed by atoms with E-state index in [2.05, 4.69) is 26.2 Å². The number of hydrogen-bond donors (Lipinski definition) is 3. The van der Waals surface area contributed by atoms with E-state index in [-0.39, 0.29) is 18.3 Å². The normalized spacial score (nSPS) is 24.6. The lowest BCUT2D eigenvalue weighted by Crippen LogP contribution is -2.60. The first-order valence-electron chi connectivity index (χ1n) is 11.1. The van der Waals surface area contributed by atoms with E-state index < -0.39 is 17.0 Å². The first kappa shape index (κ1) is 23.7. The molecule has 1 saturated heterocycles. The molecule has 3 aliphatic rings. The molecule has 11 heteroatoms. The highest BCUT2D eigenvalue weighted by Crippen LogP contribution is 2.51. The third-order valence-corrected chi connectivity index (χ3v) is 6.86. The van der Waals surface area contributed by atoms with Gasteiger partial charge in [0.1, 0.15) is 18.2 Å². The zero-order chi connectivity index (χ0) is 23.6. The molecule has 1 aromatic carbocycles. The molecule has 2 heterocycles. The van der Waals surface area contributed by atoms with E-state index in [1.54, 1.807) is 13.1 Å². The number of amidine groups is 1. The number of alkyl halides is 1. The van der Waals surface area contributed by atoms with E-state index in [1.807, 2.05) is 0 Å². The Morgan fingerprint density at radius 3 is 2.73 bits per heavy atom. The number of benzene rings is 1. The minimum Gasteiger partial charge on any atom is -0.358 e. The second kappa shape index (κ2) is 9.42. The molecule has 3 N–H and O–H groups in total. The van der Waals surface area contributed by atoms with Crippen molar-refractivity contribution in [2.45, 2.75) is 43.8 Å². The molecule has 180 valence electrons. The number of carbonyl (C=O) groups excluding carboxylic acids is 1. The summed E-state index contributed by atoms with van der Waals surface area (Å²) in [5.74, 6) is -2.06. The van der Waals surface area contributed by atoms with Crippen molar-refractivity contribution in [1.82, 2.24) is 21.1 Å². The van der Waals surface area contributed by atoms with Crippen LogP contribution in [-0.2, 0) is 15.0 Å². The highest BCUT2D eigenvalue weighted by molar-refractivity contribution is 6.32. The average Bonchev–Trinajstić information content (AvgIpc) is 3.58. The predicted octanol–water partition coefficient (Wildman–Crippen LogP) is 2.49. The minimum atomic E-state index is -2.04. The van der Waals surface area contributed by atoms with Gasteiger partial charge in [-0.05, 0) is 69.3 Å². The summed E-state index contributed by atoms with van der Waals surface area (Å²) in [4.78, 5) is 21.9. The van der Waals surface area contributed by atoms with Gasteiger partial charge in [-0.1, -0.05) is 17.7 Å². The SMILES string of the molecule is CN=C(NOC1=NN(CC(=O)NCC2CCNCC2)[C@]1(C)F)C1(c2ccc(F)cc2Cl)CC1. The van der Waals surface area contributed by atoms with E-state index in [4.69, 9.17) is 16.4 Å². The van der Waals surface area contributed by atoms with Gasteiger partial charge in [0.05, 0.1) is 5.41 Å². The third-order valence-electron chi connectivity index (χ3n) is 6.54. The van der Waals surface area contributed by atoms with Crippen LogP contribution >= 0.6 is 11.6 Å². The maximum absolute atomic E-state index is 15.1. The lowest BCUT2D eigenvalue weighted by Gasteiger charge is -2.39. The number of halogens is 3. The number of nitrogens with zero attached hydrogens (tertiary/aromatic N) is 3. The van der Waals surface area contributed by atoms with Crippen molar-refractivity contribution in [3.63, 3.8) is 0 Å². The largest absolute Gasteiger partial charge is 0.358 e. The van der Waals surface area contributed by atoms with Crippen molar-refractivity contribution >= 4 is 29.2 Å². The summed E-state index contributed by atoms with van der Waals surface area (Å²) in [7, 11) is 1.58. The molecule has 0 radical (unpaired) electrons. The fourth-order valence-corrected chi connectivity index (χ4v) is 4.63. The number of piperidine rings is 1. The number of amides is 1. The number of nitrogens with one attached hydrogen (secondary N) is 3. The monoisotopic (exact) mass is 482 g/mol. The molecule has 33 heavy (non-hydrogen) atoms. The Kier molecular flexibility index (Phi) is 6.76. The molecule has 0 bridgehead atoms. The average molecular weight is 483 g/mol. The molecular formula is C22H29ClF2N6O2. The smallest absolute Gasteiger partial charge is 0.298 e.